The van der Waals surface area contributed by atoms with Crippen LogP contribution in [0.15, 0.2) is 17.5 Å². The normalized spacial score (nSPS) is 15.7. The van der Waals surface area contributed by atoms with Crippen LogP contribution in [0.25, 0.3) is 10.7 Å². The van der Waals surface area contributed by atoms with E-state index in [0.717, 1.165) is 23.5 Å². The van der Waals surface area contributed by atoms with Gasteiger partial charge in [0.25, 0.3) is 0 Å². The van der Waals surface area contributed by atoms with Crippen molar-refractivity contribution in [1.82, 2.24) is 19.7 Å². The quantitative estimate of drug-likeness (QED) is 0.833. The Bertz CT molecular complexity index is 698. The third-order valence-electron chi connectivity index (χ3n) is 4.56. The molecule has 0 radical (unpaired) electrons. The molecule has 1 amide bonds. The zero-order valence-electron chi connectivity index (χ0n) is 13.3. The summed E-state index contributed by atoms with van der Waals surface area (Å²) in [5.41, 5.74) is 0. The van der Waals surface area contributed by atoms with E-state index in [1.807, 2.05) is 34.0 Å². The topological polar surface area (TPSA) is 53.9 Å². The number of carbonyl (C=O) groups excluding carboxylic acids is 1. The van der Waals surface area contributed by atoms with Crippen LogP contribution in [0, 0.1) is 4.77 Å². The Hall–Kier alpha value is -1.47. The molecule has 0 bridgehead atoms. The van der Waals surface area contributed by atoms with Crippen molar-refractivity contribution in [3.8, 4) is 10.7 Å². The fourth-order valence-electron chi connectivity index (χ4n) is 3.17. The Morgan fingerprint density at radius 3 is 2.96 bits per heavy atom. The molecule has 23 heavy (non-hydrogen) atoms. The van der Waals surface area contributed by atoms with Crippen molar-refractivity contribution >= 4 is 29.5 Å². The standard InChI is InChI=1S/C16H22N4OS2/c1-19(12-6-3-2-4-7-12)14(21)9-10-20-15(17-18-16(20)22)13-8-5-11-23-13/h5,8,11-12H,2-4,6-7,9-10H2,1H3,(H,18,22). The summed E-state index contributed by atoms with van der Waals surface area (Å²) in [5, 5.41) is 9.15. The largest absolute Gasteiger partial charge is 0.343 e. The highest BCUT2D eigenvalue weighted by atomic mass is 32.1. The molecule has 3 rings (SSSR count). The SMILES string of the molecule is CN(C(=O)CCn1c(-c2cccs2)n[nH]c1=S)C1CCCCC1. The molecule has 5 nitrogen and oxygen atoms in total. The molecule has 1 fully saturated rings. The van der Waals surface area contributed by atoms with Crippen LogP contribution in [-0.2, 0) is 11.3 Å². The number of H-pyrrole nitrogens is 1. The average molecular weight is 351 g/mol. The molecule has 0 unspecified atom stereocenters. The molecule has 1 aliphatic carbocycles. The van der Waals surface area contributed by atoms with Crippen molar-refractivity contribution in [3.05, 3.63) is 22.3 Å². The van der Waals surface area contributed by atoms with Gasteiger partial charge in [0.05, 0.1) is 4.88 Å². The van der Waals surface area contributed by atoms with E-state index in [0.29, 0.717) is 23.8 Å². The van der Waals surface area contributed by atoms with Gasteiger partial charge in [-0.15, -0.1) is 11.3 Å². The molecule has 0 aromatic carbocycles. The monoisotopic (exact) mass is 350 g/mol. The number of rotatable bonds is 5. The molecule has 1 N–H and O–H groups in total. The maximum Gasteiger partial charge on any atom is 0.224 e. The Balaban J connectivity index is 1.65. The lowest BCUT2D eigenvalue weighted by molar-refractivity contribution is -0.132. The Labute approximate surface area is 145 Å². The lowest BCUT2D eigenvalue weighted by Gasteiger charge is -2.31. The van der Waals surface area contributed by atoms with E-state index in [4.69, 9.17) is 12.2 Å². The van der Waals surface area contributed by atoms with Crippen molar-refractivity contribution in [2.75, 3.05) is 7.05 Å². The zero-order valence-corrected chi connectivity index (χ0v) is 15.0. The second-order valence-electron chi connectivity index (χ2n) is 6.03. The molecule has 0 spiro atoms. The van der Waals surface area contributed by atoms with Crippen LogP contribution in [0.2, 0.25) is 0 Å². The highest BCUT2D eigenvalue weighted by Gasteiger charge is 2.22. The van der Waals surface area contributed by atoms with Crippen LogP contribution in [0.3, 0.4) is 0 Å². The van der Waals surface area contributed by atoms with E-state index in [-0.39, 0.29) is 5.91 Å². The lowest BCUT2D eigenvalue weighted by Crippen LogP contribution is -2.38. The van der Waals surface area contributed by atoms with Crippen LogP contribution in [0.1, 0.15) is 38.5 Å². The van der Waals surface area contributed by atoms with Gasteiger partial charge >= 0.3 is 0 Å². The molecule has 0 atom stereocenters. The average Bonchev–Trinajstić information content (AvgIpc) is 3.22. The Kier molecular flexibility index (Phi) is 5.27. The number of hydrogen-bond acceptors (Lipinski definition) is 4. The molecule has 2 heterocycles. The predicted molar refractivity (Wildman–Crippen MR) is 95.0 cm³/mol. The van der Waals surface area contributed by atoms with E-state index in [2.05, 4.69) is 10.2 Å². The molecule has 2 aromatic rings. The first-order valence-electron chi connectivity index (χ1n) is 8.11. The minimum Gasteiger partial charge on any atom is -0.343 e. The highest BCUT2D eigenvalue weighted by Crippen LogP contribution is 2.24. The molecule has 0 saturated heterocycles. The minimum atomic E-state index is 0.192. The predicted octanol–water partition coefficient (Wildman–Crippen LogP) is 3.85. The summed E-state index contributed by atoms with van der Waals surface area (Å²) in [6, 6.07) is 4.41. The maximum absolute atomic E-state index is 12.5. The zero-order chi connectivity index (χ0) is 16.2. The van der Waals surface area contributed by atoms with Crippen molar-refractivity contribution < 1.29 is 4.79 Å². The number of nitrogens with one attached hydrogen (secondary N) is 1. The first kappa shape index (κ1) is 16.4. The number of amides is 1. The summed E-state index contributed by atoms with van der Waals surface area (Å²) in [7, 11) is 1.94. The van der Waals surface area contributed by atoms with Gasteiger partial charge in [-0.2, -0.15) is 5.10 Å². The van der Waals surface area contributed by atoms with Crippen molar-refractivity contribution in [3.63, 3.8) is 0 Å². The van der Waals surface area contributed by atoms with E-state index >= 15 is 0 Å². The number of carbonyl (C=O) groups is 1. The van der Waals surface area contributed by atoms with Gasteiger partial charge in [0, 0.05) is 26.1 Å². The number of hydrogen-bond donors (Lipinski definition) is 1. The third-order valence-corrected chi connectivity index (χ3v) is 5.74. The van der Waals surface area contributed by atoms with Gasteiger partial charge in [-0.25, -0.2) is 0 Å². The fraction of sp³-hybridized carbons (Fsp3) is 0.562. The molecule has 1 saturated carbocycles. The first-order chi connectivity index (χ1) is 11.2. The molecule has 124 valence electrons. The molecule has 2 aromatic heterocycles. The number of aromatic nitrogens is 3. The fourth-order valence-corrected chi connectivity index (χ4v) is 4.12. The van der Waals surface area contributed by atoms with E-state index in [1.165, 1.54) is 19.3 Å². The molecular weight excluding hydrogens is 328 g/mol. The molecular formula is C16H22N4OS2. The second kappa shape index (κ2) is 7.40. The van der Waals surface area contributed by atoms with Crippen LogP contribution in [0.5, 0.6) is 0 Å². The summed E-state index contributed by atoms with van der Waals surface area (Å²) in [6.07, 6.45) is 6.49. The summed E-state index contributed by atoms with van der Waals surface area (Å²) in [6.45, 7) is 0.568. The third kappa shape index (κ3) is 3.72. The Morgan fingerprint density at radius 2 is 2.26 bits per heavy atom. The van der Waals surface area contributed by atoms with E-state index < -0.39 is 0 Å². The van der Waals surface area contributed by atoms with Gasteiger partial charge in [0.2, 0.25) is 5.91 Å². The molecule has 1 aliphatic rings. The summed E-state index contributed by atoms with van der Waals surface area (Å²) in [5.74, 6) is 1.01. The van der Waals surface area contributed by atoms with Gasteiger partial charge in [0.15, 0.2) is 10.6 Å². The summed E-state index contributed by atoms with van der Waals surface area (Å²) >= 11 is 6.94. The second-order valence-corrected chi connectivity index (χ2v) is 7.36. The number of nitrogens with zero attached hydrogens (tertiary/aromatic N) is 3. The Morgan fingerprint density at radius 1 is 1.48 bits per heavy atom. The van der Waals surface area contributed by atoms with Crippen LogP contribution >= 0.6 is 23.6 Å². The first-order valence-corrected chi connectivity index (χ1v) is 9.40. The highest BCUT2D eigenvalue weighted by molar-refractivity contribution is 7.71. The molecule has 0 aliphatic heterocycles. The van der Waals surface area contributed by atoms with Crippen molar-refractivity contribution in [2.45, 2.75) is 51.1 Å². The van der Waals surface area contributed by atoms with Crippen molar-refractivity contribution in [1.29, 1.82) is 0 Å². The van der Waals surface area contributed by atoms with E-state index in [1.54, 1.807) is 11.3 Å². The minimum absolute atomic E-state index is 0.192. The van der Waals surface area contributed by atoms with Gasteiger partial charge in [-0.3, -0.25) is 14.5 Å². The van der Waals surface area contributed by atoms with Crippen LogP contribution in [-0.4, -0.2) is 38.7 Å². The van der Waals surface area contributed by atoms with Crippen molar-refractivity contribution in [2.24, 2.45) is 0 Å². The van der Waals surface area contributed by atoms with Crippen LogP contribution < -0.4 is 0 Å². The lowest BCUT2D eigenvalue weighted by atomic mass is 9.94. The van der Waals surface area contributed by atoms with Gasteiger partial charge < -0.3 is 4.90 Å². The number of aromatic amines is 1. The van der Waals surface area contributed by atoms with Gasteiger partial charge in [-0.05, 0) is 36.5 Å². The van der Waals surface area contributed by atoms with Crippen LogP contribution in [0.4, 0.5) is 0 Å². The maximum atomic E-state index is 12.5. The van der Waals surface area contributed by atoms with E-state index in [9.17, 15) is 4.79 Å². The summed E-state index contributed by atoms with van der Waals surface area (Å²) in [4.78, 5) is 15.5. The smallest absolute Gasteiger partial charge is 0.224 e. The number of thiophene rings is 1. The molecule has 7 heteroatoms. The summed E-state index contributed by atoms with van der Waals surface area (Å²) < 4.78 is 2.50. The van der Waals surface area contributed by atoms with Gasteiger partial charge in [-0.1, -0.05) is 25.3 Å². The van der Waals surface area contributed by atoms with Gasteiger partial charge in [0.1, 0.15) is 0 Å².